The average Bonchev–Trinajstić information content (AvgIpc) is 2.82. The van der Waals surface area contributed by atoms with E-state index in [-0.39, 0.29) is 27.7 Å². The summed E-state index contributed by atoms with van der Waals surface area (Å²) in [6.07, 6.45) is 1.86. The Hall–Kier alpha value is -1.05. The van der Waals surface area contributed by atoms with Crippen LogP contribution in [0.5, 0.6) is 0 Å². The Bertz CT molecular complexity index is 1090. The van der Waals surface area contributed by atoms with E-state index in [0.29, 0.717) is 11.1 Å². The number of carbonyl (C=O) groups is 4. The zero-order valence-corrected chi connectivity index (χ0v) is 23.4. The highest BCUT2D eigenvalue weighted by Gasteiger charge is 2.66. The molecule has 1 amide bonds. The van der Waals surface area contributed by atoms with Crippen molar-refractivity contribution < 1.29 is 28.7 Å². The number of Topliss-reactive ketones (excluding diaryl/α,β-unsaturated/α-hetero) is 1. The Balaban J connectivity index is 1.66. The van der Waals surface area contributed by atoms with Gasteiger partial charge in [-0.3, -0.25) is 24.6 Å². The first-order chi connectivity index (χ1) is 16.1. The summed E-state index contributed by atoms with van der Waals surface area (Å²) in [5, 5.41) is 2.34. The van der Waals surface area contributed by atoms with E-state index in [1.165, 1.54) is 35.3 Å². The number of hydrogen-bond donors (Lipinski definition) is 1. The lowest BCUT2D eigenvalue weighted by molar-refractivity contribution is -0.153. The molecule has 0 radical (unpaired) electrons. The first-order valence-electron chi connectivity index (χ1n) is 10.0. The number of carbonyl (C=O) groups excluding carboxylic acids is 4. The van der Waals surface area contributed by atoms with Crippen LogP contribution in [0.15, 0.2) is 40.0 Å². The molecule has 1 N–H and O–H groups in total. The molecule has 4 rings (SSSR count). The Morgan fingerprint density at radius 1 is 1.29 bits per heavy atom. The number of esters is 2. The molecule has 2 bridgehead atoms. The monoisotopic (exact) mass is 652 g/mol. The number of hydrogen-bond acceptors (Lipinski definition) is 9. The maximum Gasteiger partial charge on any atom is 0.355 e. The van der Waals surface area contributed by atoms with Crippen molar-refractivity contribution in [1.29, 1.82) is 0 Å². The van der Waals surface area contributed by atoms with Crippen LogP contribution in [0.25, 0.3) is 0 Å². The smallest absolute Gasteiger partial charge is 0.355 e. The zero-order chi connectivity index (χ0) is 24.8. The highest BCUT2D eigenvalue weighted by atomic mass is 79.9. The lowest BCUT2D eigenvalue weighted by Crippen LogP contribution is -2.80. The van der Waals surface area contributed by atoms with Gasteiger partial charge >= 0.3 is 11.9 Å². The van der Waals surface area contributed by atoms with Gasteiger partial charge in [0.05, 0.1) is 9.41 Å². The lowest BCUT2D eigenvalue weighted by atomic mass is 9.93. The summed E-state index contributed by atoms with van der Waals surface area (Å²) in [6, 6.07) is 6.07. The van der Waals surface area contributed by atoms with Gasteiger partial charge in [0.15, 0.2) is 12.4 Å². The normalized spacial score (nSPS) is 28.2. The number of alkyl halides is 2. The lowest BCUT2D eigenvalue weighted by Gasteiger charge is -2.60. The number of β-lactam (4-membered cyclic amide) rings is 1. The fraction of sp³-hybridized carbons (Fsp3) is 0.429. The van der Waals surface area contributed by atoms with Gasteiger partial charge in [-0.2, -0.15) is 0 Å². The van der Waals surface area contributed by atoms with Crippen molar-refractivity contribution in [1.82, 2.24) is 10.2 Å². The van der Waals surface area contributed by atoms with Gasteiger partial charge in [0.2, 0.25) is 5.91 Å². The number of rotatable bonds is 8. The molecule has 182 valence electrons. The Morgan fingerprint density at radius 2 is 1.97 bits per heavy atom. The van der Waals surface area contributed by atoms with Crippen LogP contribution in [0.3, 0.4) is 0 Å². The molecule has 3 heterocycles. The van der Waals surface area contributed by atoms with E-state index in [1.807, 2.05) is 6.26 Å². The number of ketones is 1. The zero-order valence-electron chi connectivity index (χ0n) is 17.9. The third kappa shape index (κ3) is 4.57. The van der Waals surface area contributed by atoms with Gasteiger partial charge in [-0.15, -0.1) is 23.5 Å². The van der Waals surface area contributed by atoms with Crippen LogP contribution in [0.2, 0.25) is 0 Å². The topological polar surface area (TPSA) is 102 Å². The van der Waals surface area contributed by atoms with Gasteiger partial charge in [-0.1, -0.05) is 55.6 Å². The second-order valence-corrected chi connectivity index (χ2v) is 12.9. The SMILES string of the molecule is CSC(Br)C1(Cl)N[C@H]2C(=O)N3C(C(=O)OCC(=O)c4ccc(Br)cc4)=C(COC(C)=O)C1S[C@@H]23. The molecule has 3 aliphatic heterocycles. The van der Waals surface area contributed by atoms with E-state index < -0.39 is 40.6 Å². The van der Waals surface area contributed by atoms with E-state index in [9.17, 15) is 19.2 Å². The molecule has 3 aliphatic rings. The minimum Gasteiger partial charge on any atom is -0.461 e. The highest BCUT2D eigenvalue weighted by Crippen LogP contribution is 2.55. The summed E-state index contributed by atoms with van der Waals surface area (Å²) in [5.41, 5.74) is 0.713. The summed E-state index contributed by atoms with van der Waals surface area (Å²) in [7, 11) is 0. The van der Waals surface area contributed by atoms with Crippen LogP contribution in [0.4, 0.5) is 0 Å². The summed E-state index contributed by atoms with van der Waals surface area (Å²) in [4.78, 5) is 50.5. The average molecular weight is 655 g/mol. The number of nitrogens with zero attached hydrogens (tertiary/aromatic N) is 1. The molecular weight excluding hydrogens is 636 g/mol. The minimum absolute atomic E-state index is 0.0211. The number of thioether (sulfide) groups is 2. The van der Waals surface area contributed by atoms with Crippen molar-refractivity contribution in [3.05, 3.63) is 45.6 Å². The Morgan fingerprint density at radius 3 is 2.59 bits per heavy atom. The number of nitrogens with one attached hydrogen (secondary N) is 1. The molecule has 0 aliphatic carbocycles. The molecule has 13 heteroatoms. The first kappa shape index (κ1) is 26.0. The minimum atomic E-state index is -1.15. The number of halogens is 3. The van der Waals surface area contributed by atoms with E-state index >= 15 is 0 Å². The van der Waals surface area contributed by atoms with Crippen molar-refractivity contribution in [2.45, 2.75) is 32.7 Å². The third-order valence-corrected chi connectivity index (χ3v) is 11.5. The summed E-state index contributed by atoms with van der Waals surface area (Å²) in [6.45, 7) is 0.500. The molecule has 0 spiro atoms. The van der Waals surface area contributed by atoms with Crippen molar-refractivity contribution >= 4 is 90.6 Å². The van der Waals surface area contributed by atoms with Crippen molar-refractivity contribution in [3.8, 4) is 0 Å². The third-order valence-electron chi connectivity index (χ3n) is 5.60. The predicted octanol–water partition coefficient (Wildman–Crippen LogP) is 3.27. The molecule has 1 aromatic rings. The Labute approximate surface area is 226 Å². The van der Waals surface area contributed by atoms with Gasteiger partial charge < -0.3 is 9.47 Å². The largest absolute Gasteiger partial charge is 0.461 e. The number of ether oxygens (including phenoxy) is 2. The van der Waals surface area contributed by atoms with Gasteiger partial charge in [0.1, 0.15) is 28.7 Å². The van der Waals surface area contributed by atoms with Gasteiger partial charge in [0.25, 0.3) is 0 Å². The van der Waals surface area contributed by atoms with E-state index in [2.05, 4.69) is 37.2 Å². The molecule has 0 saturated carbocycles. The maximum absolute atomic E-state index is 13.2. The van der Waals surface area contributed by atoms with Crippen molar-refractivity contribution in [2.75, 3.05) is 19.5 Å². The van der Waals surface area contributed by atoms with Crippen molar-refractivity contribution in [3.63, 3.8) is 0 Å². The van der Waals surface area contributed by atoms with Crippen LogP contribution >= 0.6 is 67.0 Å². The molecular formula is C21H19Br2ClN2O6S2. The van der Waals surface area contributed by atoms with Gasteiger partial charge in [-0.25, -0.2) is 4.79 Å². The summed E-state index contributed by atoms with van der Waals surface area (Å²) < 4.78 is 11.1. The van der Waals surface area contributed by atoms with Crippen LogP contribution < -0.4 is 5.32 Å². The number of fused-ring (bicyclic) bond motifs is 1. The molecule has 5 atom stereocenters. The standard InChI is InChI=1S/C21H19Br2ClN2O6S2/c1-9(27)31-7-12-15(19(30)32-8-13(28)10-3-5-11(22)6-4-10)26-17(29)14-18(26)34-16(12)21(24,25-14)20(23)33-2/h3-6,14,16,18,20,25H,7-8H2,1-2H3/t14-,16?,18-,20?,21?/m0/s1. The van der Waals surface area contributed by atoms with Crippen molar-refractivity contribution in [2.24, 2.45) is 0 Å². The number of amides is 1. The van der Waals surface area contributed by atoms with Gasteiger partial charge in [0, 0.05) is 22.5 Å². The van der Waals surface area contributed by atoms with E-state index in [4.69, 9.17) is 21.1 Å². The molecule has 34 heavy (non-hydrogen) atoms. The van der Waals surface area contributed by atoms with E-state index in [1.54, 1.807) is 24.3 Å². The second-order valence-electron chi connectivity index (χ2n) is 7.72. The van der Waals surface area contributed by atoms with E-state index in [0.717, 1.165) is 4.47 Å². The molecule has 2 fully saturated rings. The second kappa shape index (κ2) is 10.1. The van der Waals surface area contributed by atoms with Crippen LogP contribution in [-0.4, -0.2) is 73.8 Å². The summed E-state index contributed by atoms with van der Waals surface area (Å²) >= 11 is 16.8. The predicted molar refractivity (Wildman–Crippen MR) is 137 cm³/mol. The number of benzene rings is 1. The Kier molecular flexibility index (Phi) is 7.76. The molecule has 1 aromatic carbocycles. The maximum atomic E-state index is 13.2. The highest BCUT2D eigenvalue weighted by molar-refractivity contribution is 9.11. The molecule has 3 unspecified atom stereocenters. The fourth-order valence-corrected chi connectivity index (χ4v) is 7.81. The molecule has 8 nitrogen and oxygen atoms in total. The first-order valence-corrected chi connectivity index (χ1v) is 14.3. The molecule has 2 saturated heterocycles. The van der Waals surface area contributed by atoms with Gasteiger partial charge in [-0.05, 0) is 18.4 Å². The van der Waals surface area contributed by atoms with Crippen LogP contribution in [0.1, 0.15) is 17.3 Å². The van der Waals surface area contributed by atoms with Crippen LogP contribution in [-0.2, 0) is 23.9 Å². The van der Waals surface area contributed by atoms with Crippen LogP contribution in [0, 0.1) is 0 Å². The fourth-order valence-electron chi connectivity index (χ4n) is 3.97. The quantitative estimate of drug-likeness (QED) is 0.149. The summed E-state index contributed by atoms with van der Waals surface area (Å²) in [5.74, 6) is -2.12. The molecule has 0 aromatic heterocycles.